The van der Waals surface area contributed by atoms with Crippen LogP contribution in [0, 0.1) is 0 Å². The molecule has 0 saturated carbocycles. The van der Waals surface area contributed by atoms with Gasteiger partial charge in [0.05, 0.1) is 6.61 Å². The van der Waals surface area contributed by atoms with Gasteiger partial charge in [-0.3, -0.25) is 0 Å². The standard InChI is InChI=1S/C14H24N2O2/c1-3-18-14-10-12(15)9-13(11-14)16-7-5-4-6-8-17-2/h9-11,16H,3-8,15H2,1-2H3. The molecule has 0 amide bonds. The van der Waals surface area contributed by atoms with Gasteiger partial charge in [-0.05, 0) is 32.3 Å². The molecule has 0 spiro atoms. The minimum absolute atomic E-state index is 0.653. The molecule has 0 aliphatic carbocycles. The molecule has 1 rings (SSSR count). The summed E-state index contributed by atoms with van der Waals surface area (Å²) in [6, 6.07) is 5.75. The van der Waals surface area contributed by atoms with Crippen LogP contribution in [0.3, 0.4) is 0 Å². The van der Waals surface area contributed by atoms with E-state index in [1.54, 1.807) is 7.11 Å². The molecule has 0 aliphatic rings. The summed E-state index contributed by atoms with van der Waals surface area (Å²) in [5.41, 5.74) is 7.57. The molecule has 0 bridgehead atoms. The van der Waals surface area contributed by atoms with Gasteiger partial charge < -0.3 is 20.5 Å². The van der Waals surface area contributed by atoms with Gasteiger partial charge in [0.25, 0.3) is 0 Å². The van der Waals surface area contributed by atoms with Crippen LogP contribution in [0.2, 0.25) is 0 Å². The van der Waals surface area contributed by atoms with E-state index in [0.29, 0.717) is 6.61 Å². The molecule has 0 aliphatic heterocycles. The summed E-state index contributed by atoms with van der Waals surface area (Å²) in [7, 11) is 1.74. The maximum Gasteiger partial charge on any atom is 0.123 e. The minimum Gasteiger partial charge on any atom is -0.494 e. The Kier molecular flexibility index (Phi) is 7.03. The summed E-state index contributed by atoms with van der Waals surface area (Å²) >= 11 is 0. The lowest BCUT2D eigenvalue weighted by molar-refractivity contribution is 0.192. The van der Waals surface area contributed by atoms with Crippen molar-refractivity contribution in [3.8, 4) is 5.75 Å². The van der Waals surface area contributed by atoms with Gasteiger partial charge in [0.15, 0.2) is 0 Å². The smallest absolute Gasteiger partial charge is 0.123 e. The highest BCUT2D eigenvalue weighted by molar-refractivity contribution is 5.59. The third kappa shape index (κ3) is 5.77. The topological polar surface area (TPSA) is 56.5 Å². The van der Waals surface area contributed by atoms with Gasteiger partial charge in [0, 0.05) is 43.8 Å². The Hall–Kier alpha value is -1.42. The van der Waals surface area contributed by atoms with E-state index >= 15 is 0 Å². The molecule has 3 N–H and O–H groups in total. The zero-order chi connectivity index (χ0) is 13.2. The molecular formula is C14H24N2O2. The maximum atomic E-state index is 5.82. The lowest BCUT2D eigenvalue weighted by Gasteiger charge is -2.10. The Balaban J connectivity index is 2.32. The van der Waals surface area contributed by atoms with Gasteiger partial charge in [0.2, 0.25) is 0 Å². The largest absolute Gasteiger partial charge is 0.494 e. The molecule has 0 radical (unpaired) electrons. The fourth-order valence-electron chi connectivity index (χ4n) is 1.76. The van der Waals surface area contributed by atoms with Crippen molar-refractivity contribution in [3.63, 3.8) is 0 Å². The minimum atomic E-state index is 0.653. The average Bonchev–Trinajstić information content (AvgIpc) is 2.33. The number of nitrogens with two attached hydrogens (primary N) is 1. The van der Waals surface area contributed by atoms with Crippen molar-refractivity contribution < 1.29 is 9.47 Å². The van der Waals surface area contributed by atoms with Crippen molar-refractivity contribution in [1.29, 1.82) is 0 Å². The molecule has 0 saturated heterocycles. The van der Waals surface area contributed by atoms with E-state index in [1.165, 1.54) is 6.42 Å². The van der Waals surface area contributed by atoms with Crippen molar-refractivity contribution in [2.24, 2.45) is 0 Å². The highest BCUT2D eigenvalue weighted by Crippen LogP contribution is 2.22. The molecule has 4 nitrogen and oxygen atoms in total. The predicted molar refractivity (Wildman–Crippen MR) is 76.2 cm³/mol. The van der Waals surface area contributed by atoms with Gasteiger partial charge in [-0.2, -0.15) is 0 Å². The predicted octanol–water partition coefficient (Wildman–Crippen LogP) is 2.90. The number of methoxy groups -OCH3 is 1. The Morgan fingerprint density at radius 2 is 2.00 bits per heavy atom. The van der Waals surface area contributed by atoms with Crippen LogP contribution in [0.1, 0.15) is 26.2 Å². The second kappa shape index (κ2) is 8.64. The van der Waals surface area contributed by atoms with Crippen molar-refractivity contribution in [2.45, 2.75) is 26.2 Å². The summed E-state index contributed by atoms with van der Waals surface area (Å²) < 4.78 is 10.5. The second-order valence-electron chi connectivity index (χ2n) is 4.20. The normalized spacial score (nSPS) is 10.3. The third-order valence-corrected chi connectivity index (χ3v) is 2.59. The Labute approximate surface area is 109 Å². The van der Waals surface area contributed by atoms with E-state index in [2.05, 4.69) is 5.32 Å². The highest BCUT2D eigenvalue weighted by Gasteiger charge is 1.99. The highest BCUT2D eigenvalue weighted by atomic mass is 16.5. The summed E-state index contributed by atoms with van der Waals surface area (Å²) in [5, 5.41) is 3.36. The zero-order valence-electron chi connectivity index (χ0n) is 11.4. The zero-order valence-corrected chi connectivity index (χ0v) is 11.4. The molecule has 18 heavy (non-hydrogen) atoms. The Morgan fingerprint density at radius 1 is 1.17 bits per heavy atom. The number of benzene rings is 1. The lowest BCUT2D eigenvalue weighted by atomic mass is 10.2. The fraction of sp³-hybridized carbons (Fsp3) is 0.571. The molecule has 102 valence electrons. The van der Waals surface area contributed by atoms with Gasteiger partial charge >= 0.3 is 0 Å². The van der Waals surface area contributed by atoms with Crippen LogP contribution < -0.4 is 15.8 Å². The SMILES string of the molecule is CCOc1cc(N)cc(NCCCCCOC)c1. The van der Waals surface area contributed by atoms with E-state index in [0.717, 1.165) is 43.1 Å². The van der Waals surface area contributed by atoms with Gasteiger partial charge in [-0.15, -0.1) is 0 Å². The first kappa shape index (κ1) is 14.6. The Bertz CT molecular complexity index is 343. The first-order valence-electron chi connectivity index (χ1n) is 6.52. The number of nitrogens with one attached hydrogen (secondary N) is 1. The average molecular weight is 252 g/mol. The van der Waals surface area contributed by atoms with Crippen LogP contribution in [-0.4, -0.2) is 26.9 Å². The van der Waals surface area contributed by atoms with E-state index in [-0.39, 0.29) is 0 Å². The quantitative estimate of drug-likeness (QED) is 0.524. The number of hydrogen-bond acceptors (Lipinski definition) is 4. The summed E-state index contributed by atoms with van der Waals surface area (Å²) in [4.78, 5) is 0. The number of unbranched alkanes of at least 4 members (excludes halogenated alkanes) is 2. The van der Waals surface area contributed by atoms with Gasteiger partial charge in [0.1, 0.15) is 5.75 Å². The molecular weight excluding hydrogens is 228 g/mol. The Morgan fingerprint density at radius 3 is 2.72 bits per heavy atom. The van der Waals surface area contributed by atoms with E-state index in [9.17, 15) is 0 Å². The van der Waals surface area contributed by atoms with Crippen molar-refractivity contribution in [1.82, 2.24) is 0 Å². The molecule has 0 aromatic heterocycles. The molecule has 0 heterocycles. The molecule has 1 aromatic carbocycles. The monoisotopic (exact) mass is 252 g/mol. The number of ether oxygens (including phenoxy) is 2. The van der Waals surface area contributed by atoms with Crippen molar-refractivity contribution in [2.75, 3.05) is 37.9 Å². The van der Waals surface area contributed by atoms with Gasteiger partial charge in [-0.1, -0.05) is 0 Å². The molecule has 0 unspecified atom stereocenters. The van der Waals surface area contributed by atoms with E-state index in [1.807, 2.05) is 25.1 Å². The van der Waals surface area contributed by atoms with Crippen LogP contribution in [0.25, 0.3) is 0 Å². The lowest BCUT2D eigenvalue weighted by Crippen LogP contribution is -2.03. The number of nitrogen functional groups attached to an aromatic ring is 1. The van der Waals surface area contributed by atoms with E-state index < -0.39 is 0 Å². The van der Waals surface area contributed by atoms with Gasteiger partial charge in [-0.25, -0.2) is 0 Å². The number of anilines is 2. The van der Waals surface area contributed by atoms with Crippen molar-refractivity contribution >= 4 is 11.4 Å². The number of rotatable bonds is 9. The molecule has 1 aromatic rings. The first-order chi connectivity index (χ1) is 8.76. The fourth-order valence-corrected chi connectivity index (χ4v) is 1.76. The summed E-state index contributed by atoms with van der Waals surface area (Å²) in [5.74, 6) is 0.819. The second-order valence-corrected chi connectivity index (χ2v) is 4.20. The molecule has 4 heteroatoms. The summed E-state index contributed by atoms with van der Waals surface area (Å²) in [6.07, 6.45) is 3.41. The summed E-state index contributed by atoms with van der Waals surface area (Å²) in [6.45, 7) is 4.40. The van der Waals surface area contributed by atoms with Crippen LogP contribution in [0.4, 0.5) is 11.4 Å². The van der Waals surface area contributed by atoms with Crippen molar-refractivity contribution in [3.05, 3.63) is 18.2 Å². The third-order valence-electron chi connectivity index (χ3n) is 2.59. The van der Waals surface area contributed by atoms with Crippen LogP contribution in [0.5, 0.6) is 5.75 Å². The maximum absolute atomic E-state index is 5.82. The van der Waals surface area contributed by atoms with Crippen LogP contribution in [-0.2, 0) is 4.74 Å². The molecule has 0 atom stereocenters. The van der Waals surface area contributed by atoms with Crippen LogP contribution in [0.15, 0.2) is 18.2 Å². The first-order valence-corrected chi connectivity index (χ1v) is 6.52. The van der Waals surface area contributed by atoms with E-state index in [4.69, 9.17) is 15.2 Å². The van der Waals surface area contributed by atoms with Crippen LogP contribution >= 0.6 is 0 Å². The molecule has 0 fully saturated rings. The number of hydrogen-bond donors (Lipinski definition) is 2.